The van der Waals surface area contributed by atoms with E-state index in [9.17, 15) is 14.0 Å². The van der Waals surface area contributed by atoms with Gasteiger partial charge in [0.2, 0.25) is 0 Å². The van der Waals surface area contributed by atoms with Gasteiger partial charge in [-0.1, -0.05) is 19.1 Å². The number of hydrogen-bond donors (Lipinski definition) is 0. The normalized spacial score (nSPS) is 11.7. The first kappa shape index (κ1) is 15.1. The summed E-state index contributed by atoms with van der Waals surface area (Å²) in [6, 6.07) is 5.93. The summed E-state index contributed by atoms with van der Waals surface area (Å²) in [4.78, 5) is 22.5. The van der Waals surface area contributed by atoms with Gasteiger partial charge in [-0.25, -0.2) is 9.18 Å². The molecule has 0 radical (unpaired) electrons. The molecule has 19 heavy (non-hydrogen) atoms. The standard InChI is InChI=1S/C14H17FO4/c1-3-18-14(17)9-19-13(16)8-10(2)11-4-6-12(15)7-5-11/h4-7,10H,3,8-9H2,1-2H3. The van der Waals surface area contributed by atoms with Crippen LogP contribution in [0.25, 0.3) is 0 Å². The number of carbonyl (C=O) groups is 2. The predicted molar refractivity (Wildman–Crippen MR) is 67.0 cm³/mol. The maximum Gasteiger partial charge on any atom is 0.344 e. The van der Waals surface area contributed by atoms with Gasteiger partial charge < -0.3 is 9.47 Å². The van der Waals surface area contributed by atoms with Crippen molar-refractivity contribution >= 4 is 11.9 Å². The summed E-state index contributed by atoms with van der Waals surface area (Å²) in [7, 11) is 0. The summed E-state index contributed by atoms with van der Waals surface area (Å²) in [5.74, 6) is -1.47. The maximum absolute atomic E-state index is 12.8. The molecule has 0 N–H and O–H groups in total. The fourth-order valence-corrected chi connectivity index (χ4v) is 1.56. The number of benzene rings is 1. The Kier molecular flexibility index (Phi) is 5.99. The number of esters is 2. The molecule has 0 spiro atoms. The predicted octanol–water partition coefficient (Wildman–Crippen LogP) is 2.43. The summed E-state index contributed by atoms with van der Waals surface area (Å²) in [5, 5.41) is 0. The van der Waals surface area contributed by atoms with E-state index in [1.807, 2.05) is 6.92 Å². The molecule has 0 aliphatic rings. The molecule has 0 aliphatic heterocycles. The fraction of sp³-hybridized carbons (Fsp3) is 0.429. The molecule has 0 saturated carbocycles. The van der Waals surface area contributed by atoms with Crippen LogP contribution in [0, 0.1) is 5.82 Å². The lowest BCUT2D eigenvalue weighted by Crippen LogP contribution is -2.17. The molecule has 1 aromatic carbocycles. The minimum Gasteiger partial charge on any atom is -0.463 e. The number of carbonyl (C=O) groups excluding carboxylic acids is 2. The first-order valence-corrected chi connectivity index (χ1v) is 6.09. The number of hydrogen-bond acceptors (Lipinski definition) is 4. The minimum atomic E-state index is -0.565. The van der Waals surface area contributed by atoms with E-state index in [0.29, 0.717) is 0 Å². The largest absolute Gasteiger partial charge is 0.463 e. The van der Waals surface area contributed by atoms with Crippen LogP contribution in [-0.2, 0) is 19.1 Å². The molecule has 0 saturated heterocycles. The molecule has 1 rings (SSSR count). The van der Waals surface area contributed by atoms with E-state index in [1.165, 1.54) is 12.1 Å². The summed E-state index contributed by atoms with van der Waals surface area (Å²) in [6.45, 7) is 3.39. The van der Waals surface area contributed by atoms with Gasteiger partial charge in [0.25, 0.3) is 0 Å². The van der Waals surface area contributed by atoms with Crippen LogP contribution in [0.2, 0.25) is 0 Å². The fourth-order valence-electron chi connectivity index (χ4n) is 1.56. The molecular formula is C14H17FO4. The first-order chi connectivity index (χ1) is 9.02. The van der Waals surface area contributed by atoms with Crippen molar-refractivity contribution in [2.24, 2.45) is 0 Å². The molecular weight excluding hydrogens is 251 g/mol. The summed E-state index contributed by atoms with van der Waals surface area (Å²) in [5.41, 5.74) is 0.842. The van der Waals surface area contributed by atoms with Crippen LogP contribution in [0.15, 0.2) is 24.3 Å². The number of halogens is 1. The van der Waals surface area contributed by atoms with Crippen LogP contribution in [0.1, 0.15) is 31.7 Å². The highest BCUT2D eigenvalue weighted by Gasteiger charge is 2.14. The van der Waals surface area contributed by atoms with Gasteiger partial charge in [0.15, 0.2) is 6.61 Å². The van der Waals surface area contributed by atoms with Gasteiger partial charge in [0.05, 0.1) is 13.0 Å². The minimum absolute atomic E-state index is 0.102. The average Bonchev–Trinajstić information content (AvgIpc) is 2.37. The molecule has 4 nitrogen and oxygen atoms in total. The molecule has 0 fully saturated rings. The van der Waals surface area contributed by atoms with Crippen molar-refractivity contribution in [1.29, 1.82) is 0 Å². The molecule has 0 bridgehead atoms. The lowest BCUT2D eigenvalue weighted by Gasteiger charge is -2.11. The third-order valence-electron chi connectivity index (χ3n) is 2.57. The molecule has 1 aromatic rings. The second-order valence-electron chi connectivity index (χ2n) is 4.12. The van der Waals surface area contributed by atoms with E-state index in [1.54, 1.807) is 19.1 Å². The van der Waals surface area contributed by atoms with Crippen molar-refractivity contribution in [3.05, 3.63) is 35.6 Å². The van der Waals surface area contributed by atoms with Crippen molar-refractivity contribution in [2.45, 2.75) is 26.2 Å². The number of rotatable bonds is 6. The van der Waals surface area contributed by atoms with Crippen LogP contribution in [0.4, 0.5) is 4.39 Å². The van der Waals surface area contributed by atoms with Crippen LogP contribution in [0.5, 0.6) is 0 Å². The first-order valence-electron chi connectivity index (χ1n) is 6.09. The van der Waals surface area contributed by atoms with Crippen LogP contribution >= 0.6 is 0 Å². The summed E-state index contributed by atoms with van der Waals surface area (Å²) < 4.78 is 22.2. The van der Waals surface area contributed by atoms with E-state index in [4.69, 9.17) is 4.74 Å². The quantitative estimate of drug-likeness (QED) is 0.743. The molecule has 0 aromatic heterocycles. The number of ether oxygens (including phenoxy) is 2. The topological polar surface area (TPSA) is 52.6 Å². The van der Waals surface area contributed by atoms with Crippen LogP contribution in [-0.4, -0.2) is 25.2 Å². The molecule has 1 atom stereocenters. The average molecular weight is 268 g/mol. The molecule has 0 aliphatic carbocycles. The van der Waals surface area contributed by atoms with Crippen molar-refractivity contribution in [2.75, 3.05) is 13.2 Å². The van der Waals surface area contributed by atoms with Crippen LogP contribution in [0.3, 0.4) is 0 Å². The van der Waals surface area contributed by atoms with Gasteiger partial charge in [-0.15, -0.1) is 0 Å². The van der Waals surface area contributed by atoms with Gasteiger partial charge in [-0.3, -0.25) is 4.79 Å². The lowest BCUT2D eigenvalue weighted by atomic mass is 9.98. The van der Waals surface area contributed by atoms with Gasteiger partial charge in [-0.2, -0.15) is 0 Å². The molecule has 0 amide bonds. The van der Waals surface area contributed by atoms with Crippen molar-refractivity contribution in [3.63, 3.8) is 0 Å². The molecule has 1 unspecified atom stereocenters. The van der Waals surface area contributed by atoms with E-state index in [-0.39, 0.29) is 31.4 Å². The highest BCUT2D eigenvalue weighted by atomic mass is 19.1. The van der Waals surface area contributed by atoms with Crippen molar-refractivity contribution in [1.82, 2.24) is 0 Å². The van der Waals surface area contributed by atoms with E-state index in [0.717, 1.165) is 5.56 Å². The Labute approximate surface area is 111 Å². The third kappa shape index (κ3) is 5.50. The Morgan fingerprint density at radius 1 is 1.16 bits per heavy atom. The SMILES string of the molecule is CCOC(=O)COC(=O)CC(C)c1ccc(F)cc1. The zero-order valence-corrected chi connectivity index (χ0v) is 11.0. The Balaban J connectivity index is 2.39. The van der Waals surface area contributed by atoms with Gasteiger partial charge in [0.1, 0.15) is 5.82 Å². The second kappa shape index (κ2) is 7.51. The van der Waals surface area contributed by atoms with E-state index in [2.05, 4.69) is 4.74 Å². The molecule has 5 heteroatoms. The van der Waals surface area contributed by atoms with Gasteiger partial charge >= 0.3 is 11.9 Å². The molecule has 104 valence electrons. The monoisotopic (exact) mass is 268 g/mol. The summed E-state index contributed by atoms with van der Waals surface area (Å²) in [6.07, 6.45) is 0.130. The highest BCUT2D eigenvalue weighted by molar-refractivity contribution is 5.76. The molecule has 0 heterocycles. The highest BCUT2D eigenvalue weighted by Crippen LogP contribution is 2.19. The van der Waals surface area contributed by atoms with E-state index < -0.39 is 11.9 Å². The zero-order chi connectivity index (χ0) is 14.3. The summed E-state index contributed by atoms with van der Waals surface area (Å²) >= 11 is 0. The lowest BCUT2D eigenvalue weighted by molar-refractivity contribution is -0.158. The third-order valence-corrected chi connectivity index (χ3v) is 2.57. The van der Waals surface area contributed by atoms with E-state index >= 15 is 0 Å². The van der Waals surface area contributed by atoms with Crippen molar-refractivity contribution in [3.8, 4) is 0 Å². The van der Waals surface area contributed by atoms with Gasteiger partial charge in [0, 0.05) is 0 Å². The van der Waals surface area contributed by atoms with Crippen LogP contribution < -0.4 is 0 Å². The Bertz CT molecular complexity index is 428. The maximum atomic E-state index is 12.8. The second-order valence-corrected chi connectivity index (χ2v) is 4.12. The Morgan fingerprint density at radius 3 is 2.37 bits per heavy atom. The van der Waals surface area contributed by atoms with Crippen molar-refractivity contribution < 1.29 is 23.5 Å². The Hall–Kier alpha value is -1.91. The smallest absolute Gasteiger partial charge is 0.344 e. The van der Waals surface area contributed by atoms with Gasteiger partial charge in [-0.05, 0) is 30.5 Å². The Morgan fingerprint density at radius 2 is 1.79 bits per heavy atom. The zero-order valence-electron chi connectivity index (χ0n) is 11.0.